The first-order valence-electron chi connectivity index (χ1n) is 30.7. The lowest BCUT2D eigenvalue weighted by molar-refractivity contribution is -0.130. The summed E-state index contributed by atoms with van der Waals surface area (Å²) >= 11 is 0. The smallest absolute Gasteiger partial charge is 0.160 e. The Kier molecular flexibility index (Phi) is 17.7. The molecule has 4 aliphatic carbocycles. The van der Waals surface area contributed by atoms with Gasteiger partial charge in [0.15, 0.2) is 11.5 Å². The maximum Gasteiger partial charge on any atom is 0.160 e. The summed E-state index contributed by atoms with van der Waals surface area (Å²) in [6, 6.07) is 29.1. The van der Waals surface area contributed by atoms with Gasteiger partial charge < -0.3 is 41.0 Å². The number of rotatable bonds is 5. The molecule has 3 saturated carbocycles. The van der Waals surface area contributed by atoms with Gasteiger partial charge in [0.1, 0.15) is 17.4 Å². The predicted molar refractivity (Wildman–Crippen MR) is 320 cm³/mol. The number of ether oxygens (including phenoxy) is 1. The van der Waals surface area contributed by atoms with Gasteiger partial charge in [-0.3, -0.25) is 9.59 Å². The number of benzene rings is 4. The van der Waals surface area contributed by atoms with E-state index in [4.69, 9.17) is 4.74 Å². The number of aromatic hydroxyl groups is 1. The lowest BCUT2D eigenvalue weighted by atomic mass is 9.60. The number of nitrogens with one attached hydrogen (secondary N) is 4. The van der Waals surface area contributed by atoms with E-state index in [9.17, 15) is 20.1 Å². The van der Waals surface area contributed by atoms with Gasteiger partial charge in [-0.15, -0.1) is 0 Å². The van der Waals surface area contributed by atoms with E-state index in [1.165, 1.54) is 50.4 Å². The van der Waals surface area contributed by atoms with E-state index >= 15 is 4.79 Å². The summed E-state index contributed by atoms with van der Waals surface area (Å²) in [5, 5.41) is 49.8. The van der Waals surface area contributed by atoms with Crippen molar-refractivity contribution in [1.29, 1.82) is 0 Å². The number of aliphatic hydroxyl groups excluding tert-OH is 2. The number of aromatic amines is 1. The number of dihydropyridines is 1. The first-order valence-corrected chi connectivity index (χ1v) is 30.7. The number of phenols is 1. The first kappa shape index (κ1) is 55.8. The number of methoxy groups -OCH3 is 1. The molecule has 6 aliphatic rings. The molecule has 1 aromatic heterocycles. The van der Waals surface area contributed by atoms with Crippen molar-refractivity contribution < 1.29 is 29.6 Å². The Bertz CT molecular complexity index is 3100. The number of carbonyl (C=O) groups excluding carboxylic acids is 2. The van der Waals surface area contributed by atoms with Gasteiger partial charge in [0.05, 0.1) is 31.7 Å². The first-order chi connectivity index (χ1) is 39.0. The van der Waals surface area contributed by atoms with Gasteiger partial charge in [0, 0.05) is 60.9 Å². The molecule has 3 heterocycles. The van der Waals surface area contributed by atoms with Crippen LogP contribution in [0.15, 0.2) is 115 Å². The number of fused-ring (bicyclic) bond motifs is 10. The Morgan fingerprint density at radius 3 is 2.42 bits per heavy atom. The van der Waals surface area contributed by atoms with E-state index in [1.807, 2.05) is 24.3 Å². The van der Waals surface area contributed by atoms with Gasteiger partial charge in [-0.1, -0.05) is 137 Å². The molecular formula is C70H86N4O6. The second-order valence-corrected chi connectivity index (χ2v) is 25.2. The molecule has 10 heteroatoms. The fourth-order valence-corrected chi connectivity index (χ4v) is 15.4. The van der Waals surface area contributed by atoms with Crippen LogP contribution in [0.4, 0.5) is 5.69 Å². The van der Waals surface area contributed by atoms with Gasteiger partial charge in [-0.25, -0.2) is 0 Å². The molecule has 11 rings (SSSR count). The number of β-amino-alcohol motifs (C(OH)–C–C–N with tert-alkyl or cyclic N) is 1. The molecule has 4 aromatic carbocycles. The fraction of sp³-hybridized carbons (Fsp3) is 0.514. The second kappa shape index (κ2) is 25.3. The second-order valence-electron chi connectivity index (χ2n) is 25.2. The van der Waals surface area contributed by atoms with Crippen molar-refractivity contribution in [2.24, 2.45) is 35.5 Å². The molecule has 9 atom stereocenters. The number of ketones is 2. The van der Waals surface area contributed by atoms with Crippen LogP contribution in [0.25, 0.3) is 10.8 Å². The minimum absolute atomic E-state index is 0.000974. The molecule has 5 aromatic rings. The predicted octanol–water partition coefficient (Wildman–Crippen LogP) is 12.9. The van der Waals surface area contributed by atoms with Gasteiger partial charge in [0.25, 0.3) is 0 Å². The third-order valence-electron chi connectivity index (χ3n) is 19.8. The lowest BCUT2D eigenvalue weighted by Crippen LogP contribution is -2.48. The summed E-state index contributed by atoms with van der Waals surface area (Å²) < 4.78 is 5.61. The number of phenolic OH excluding ortho intramolecular Hbond substituents is 1. The Balaban J connectivity index is 1.04. The number of aromatic nitrogens is 1. The van der Waals surface area contributed by atoms with Gasteiger partial charge in [-0.2, -0.15) is 0 Å². The quantitative estimate of drug-likeness (QED) is 0.0673. The fourth-order valence-electron chi connectivity index (χ4n) is 15.4. The molecule has 0 amide bonds. The number of Topliss-reactive ketones (excluding diaryl/α,β-unsaturated/α-hetero) is 2. The molecule has 7 N–H and O–H groups in total. The monoisotopic (exact) mass is 1080 g/mol. The van der Waals surface area contributed by atoms with Crippen LogP contribution in [0.1, 0.15) is 168 Å². The normalized spacial score (nSPS) is 28.1. The molecule has 0 unspecified atom stereocenters. The summed E-state index contributed by atoms with van der Waals surface area (Å²) in [6.07, 6.45) is 22.6. The van der Waals surface area contributed by atoms with Crippen molar-refractivity contribution in [3.63, 3.8) is 0 Å². The van der Waals surface area contributed by atoms with E-state index in [2.05, 4.69) is 113 Å². The van der Waals surface area contributed by atoms with Crippen LogP contribution >= 0.6 is 0 Å². The van der Waals surface area contributed by atoms with Gasteiger partial charge in [-0.05, 0) is 168 Å². The Hall–Kier alpha value is -6.12. The number of allylic oxidation sites excluding steroid dienone is 2. The van der Waals surface area contributed by atoms with E-state index < -0.39 is 29.5 Å². The maximum absolute atomic E-state index is 15.4. The number of H-pyrrole nitrogens is 1. The molecule has 0 radical (unpaired) electrons. The Morgan fingerprint density at radius 1 is 0.787 bits per heavy atom. The zero-order valence-electron chi connectivity index (χ0n) is 47.4. The molecule has 10 nitrogen and oxygen atoms in total. The molecule has 1 spiro atoms. The summed E-state index contributed by atoms with van der Waals surface area (Å²) in [7, 11) is 1.54. The summed E-state index contributed by atoms with van der Waals surface area (Å²) in [5.41, 5.74) is 7.85. The van der Waals surface area contributed by atoms with E-state index in [-0.39, 0.29) is 59.7 Å². The molecule has 2 aliphatic heterocycles. The number of hydrogen-bond donors (Lipinski definition) is 7. The minimum atomic E-state index is -0.653. The average molecular weight is 1080 g/mol. The third kappa shape index (κ3) is 12.8. The third-order valence-corrected chi connectivity index (χ3v) is 19.8. The molecular weight excluding hydrogens is 993 g/mol. The molecule has 422 valence electrons. The SMILES string of the molecule is COc1cc2c(cc1O)[C@@H](c1ccccc1)C#C[C@@H]1C[C@H]3CC4=CCNC(=C4)Nc4ccc5ccc(cc5c4)C[C@H](O)CNC[C@H](C)c4c[nH]c(c4)C4(CCCCC4)[C@H](O)[C@H](CCC4CCCCC4)[C@H](C3)C[C@@H]1C(=O)CC(=O)CC2. The van der Waals surface area contributed by atoms with Crippen LogP contribution in [-0.2, 0) is 27.8 Å². The van der Waals surface area contributed by atoms with Gasteiger partial charge >= 0.3 is 0 Å². The summed E-state index contributed by atoms with van der Waals surface area (Å²) in [6.45, 7) is 4.11. The molecule has 0 saturated heterocycles. The van der Waals surface area contributed by atoms with Crippen LogP contribution in [0, 0.1) is 47.3 Å². The van der Waals surface area contributed by atoms with E-state index in [0.29, 0.717) is 57.0 Å². The van der Waals surface area contributed by atoms with Gasteiger partial charge in [0.2, 0.25) is 0 Å². The van der Waals surface area contributed by atoms with Crippen LogP contribution in [0.2, 0.25) is 0 Å². The number of aliphatic hydroxyl groups is 2. The highest BCUT2D eigenvalue weighted by molar-refractivity contribution is 6.00. The van der Waals surface area contributed by atoms with Crippen LogP contribution in [0.3, 0.4) is 0 Å². The van der Waals surface area contributed by atoms with Crippen molar-refractivity contribution >= 4 is 28.0 Å². The number of anilines is 1. The maximum atomic E-state index is 15.4. The Morgan fingerprint density at radius 2 is 1.60 bits per heavy atom. The average Bonchev–Trinajstić information content (AvgIpc) is 4.13. The van der Waals surface area contributed by atoms with Crippen LogP contribution in [-0.4, -0.2) is 70.8 Å². The van der Waals surface area contributed by atoms with E-state index in [1.54, 1.807) is 6.07 Å². The Labute approximate surface area is 475 Å². The largest absolute Gasteiger partial charge is 0.504 e. The summed E-state index contributed by atoms with van der Waals surface area (Å²) in [5.74, 6) is 8.42. The molecule has 80 heavy (non-hydrogen) atoms. The van der Waals surface area contributed by atoms with Crippen molar-refractivity contribution in [3.8, 4) is 23.3 Å². The van der Waals surface area contributed by atoms with Crippen LogP contribution < -0.4 is 20.7 Å². The van der Waals surface area contributed by atoms with Crippen molar-refractivity contribution in [2.45, 2.75) is 165 Å². The lowest BCUT2D eigenvalue weighted by Gasteiger charge is -2.47. The van der Waals surface area contributed by atoms with Crippen molar-refractivity contribution in [1.82, 2.24) is 15.6 Å². The highest BCUT2D eigenvalue weighted by Crippen LogP contribution is 2.52. The van der Waals surface area contributed by atoms with Crippen LogP contribution in [0.5, 0.6) is 11.5 Å². The standard InChI is InChI=1S/C70H86N4O6/c1-45-42-71-44-59(76)34-47-16-18-50-19-22-57(36-54(50)31-47)74-68-35-48(26-29-72-68)30-49-32-52-21-25-60(51-14-8-4-9-15-51)62-41-65(78)66(80-2)38-53(62)20-23-58(75)40-64(77)63(52)37-55(33-49)61(24-17-46-12-6-3-7-13-46)69(79)70(27-10-5-11-28-70)67-39-56(45)43-73-67/h4,8-9,14-16,18-19,22,26,31,35-36,38-39,41,43,45-46,49,52,55,59-61,63,69,71-74,76,78-79H,3,5-7,10-13,17,20,23-24,27-30,32-34,37,40,42,44H2,1-2H3/t45-,49+,52+,55+,59-,60+,61+,63-,69+/m0/s1. The zero-order chi connectivity index (χ0) is 55.2. The minimum Gasteiger partial charge on any atom is -0.504 e. The topological polar surface area (TPSA) is 156 Å². The zero-order valence-corrected chi connectivity index (χ0v) is 47.4. The summed E-state index contributed by atoms with van der Waals surface area (Å²) in [4.78, 5) is 33.5. The molecule has 9 bridgehead atoms. The number of carbonyl (C=O) groups is 2. The van der Waals surface area contributed by atoms with Crippen molar-refractivity contribution in [2.75, 3.05) is 32.1 Å². The number of aryl methyl sites for hydroxylation is 1. The molecule has 3 fully saturated rings. The van der Waals surface area contributed by atoms with E-state index in [0.717, 1.165) is 108 Å². The number of hydrogen-bond acceptors (Lipinski definition) is 9. The highest BCUT2D eigenvalue weighted by atomic mass is 16.5. The van der Waals surface area contributed by atoms with Crippen molar-refractivity contribution in [3.05, 3.63) is 148 Å². The highest BCUT2D eigenvalue weighted by Gasteiger charge is 2.49.